The van der Waals surface area contributed by atoms with Crippen molar-refractivity contribution in [1.29, 1.82) is 0 Å². The van der Waals surface area contributed by atoms with E-state index >= 15 is 0 Å². The molecule has 6 nitrogen and oxygen atoms in total. The Morgan fingerprint density at radius 1 is 1.15 bits per heavy atom. The molecule has 26 heavy (non-hydrogen) atoms. The molecular formula is C18H11ClN4O2S. The Morgan fingerprint density at radius 2 is 1.96 bits per heavy atom. The zero-order chi connectivity index (χ0) is 17.8. The minimum atomic E-state index is -0.127. The van der Waals surface area contributed by atoms with Gasteiger partial charge in [0.25, 0.3) is 10.4 Å². The fourth-order valence-electron chi connectivity index (χ4n) is 3.37. The number of nitrogens with zero attached hydrogens (tertiary/aromatic N) is 2. The molecule has 0 saturated carbocycles. The lowest BCUT2D eigenvalue weighted by atomic mass is 10.1. The smallest absolute Gasteiger partial charge is 0.284 e. The summed E-state index contributed by atoms with van der Waals surface area (Å²) in [7, 11) is 0. The van der Waals surface area contributed by atoms with E-state index in [-0.39, 0.29) is 16.9 Å². The van der Waals surface area contributed by atoms with Crippen LogP contribution in [0.3, 0.4) is 0 Å². The molecule has 5 aromatic rings. The largest absolute Gasteiger partial charge is 0.412 e. The monoisotopic (exact) mass is 382 g/mol. The van der Waals surface area contributed by atoms with Crippen molar-refractivity contribution >= 4 is 56.5 Å². The van der Waals surface area contributed by atoms with Gasteiger partial charge in [-0.3, -0.25) is 9.36 Å². The third-order valence-corrected chi connectivity index (χ3v) is 4.86. The van der Waals surface area contributed by atoms with Crippen molar-refractivity contribution in [3.63, 3.8) is 0 Å². The Hall–Kier alpha value is -2.90. The summed E-state index contributed by atoms with van der Waals surface area (Å²) in [5.74, 6) is 0.338. The van der Waals surface area contributed by atoms with E-state index in [1.165, 1.54) is 0 Å². The number of halogens is 1. The van der Waals surface area contributed by atoms with E-state index in [4.69, 9.17) is 28.2 Å². The lowest BCUT2D eigenvalue weighted by molar-refractivity contribution is 0.467. The summed E-state index contributed by atoms with van der Waals surface area (Å²) in [6.07, 6.45) is 0. The minimum Gasteiger partial charge on any atom is -0.412 e. The molecule has 0 aliphatic heterocycles. The predicted molar refractivity (Wildman–Crippen MR) is 103 cm³/mol. The third kappa shape index (κ3) is 2.21. The molecule has 0 fully saturated rings. The number of fused-ring (bicyclic) bond motifs is 5. The highest BCUT2D eigenvalue weighted by Gasteiger charge is 2.17. The average molecular weight is 383 g/mol. The normalized spacial score (nSPS) is 11.7. The van der Waals surface area contributed by atoms with Crippen molar-refractivity contribution in [3.05, 3.63) is 68.6 Å². The van der Waals surface area contributed by atoms with E-state index in [2.05, 4.69) is 15.2 Å². The number of hydrogen-bond donors (Lipinski definition) is 2. The van der Waals surface area contributed by atoms with Crippen molar-refractivity contribution in [2.24, 2.45) is 0 Å². The molecule has 0 atom stereocenters. The molecule has 0 aliphatic carbocycles. The SMILES string of the molecule is O=c1c2ccccc2c2[nH]c3ccc(Cl)cc3c2n1Cc1n[nH]c(=S)o1. The molecule has 0 spiro atoms. The van der Waals surface area contributed by atoms with E-state index in [0.29, 0.717) is 16.3 Å². The molecule has 8 heteroatoms. The molecule has 0 unspecified atom stereocenters. The second-order valence-electron chi connectivity index (χ2n) is 5.98. The second kappa shape index (κ2) is 5.55. The summed E-state index contributed by atoms with van der Waals surface area (Å²) >= 11 is 11.1. The van der Waals surface area contributed by atoms with Gasteiger partial charge in [0.2, 0.25) is 5.89 Å². The molecule has 3 aromatic heterocycles. The first-order valence-corrected chi connectivity index (χ1v) is 8.67. The van der Waals surface area contributed by atoms with Crippen LogP contribution in [0, 0.1) is 4.84 Å². The molecule has 0 amide bonds. The lowest BCUT2D eigenvalue weighted by Crippen LogP contribution is -2.21. The van der Waals surface area contributed by atoms with Crippen LogP contribution in [-0.2, 0) is 6.54 Å². The van der Waals surface area contributed by atoms with E-state index in [0.717, 1.165) is 27.3 Å². The number of aromatic amines is 2. The highest BCUT2D eigenvalue weighted by atomic mass is 35.5. The van der Waals surface area contributed by atoms with Gasteiger partial charge >= 0.3 is 0 Å². The molecule has 0 radical (unpaired) electrons. The number of benzene rings is 2. The zero-order valence-electron chi connectivity index (χ0n) is 13.2. The van der Waals surface area contributed by atoms with Gasteiger partial charge in [-0.15, -0.1) is 5.10 Å². The molecule has 0 bridgehead atoms. The van der Waals surface area contributed by atoms with Crippen LogP contribution >= 0.6 is 23.8 Å². The quantitative estimate of drug-likeness (QED) is 0.444. The molecule has 0 aliphatic rings. The molecule has 3 heterocycles. The van der Waals surface area contributed by atoms with Crippen molar-refractivity contribution in [2.45, 2.75) is 6.54 Å². The third-order valence-electron chi connectivity index (χ3n) is 4.45. The van der Waals surface area contributed by atoms with Crippen LogP contribution in [0.1, 0.15) is 5.89 Å². The summed E-state index contributed by atoms with van der Waals surface area (Å²) < 4.78 is 7.01. The Kier molecular flexibility index (Phi) is 3.28. The Labute approximate surface area is 156 Å². The Balaban J connectivity index is 1.98. The number of pyridine rings is 1. The fraction of sp³-hybridized carbons (Fsp3) is 0.0556. The van der Waals surface area contributed by atoms with Crippen LogP contribution in [0.4, 0.5) is 0 Å². The maximum Gasteiger partial charge on any atom is 0.284 e. The Bertz CT molecular complexity index is 1430. The summed E-state index contributed by atoms with van der Waals surface area (Å²) in [5, 5.41) is 9.56. The first kappa shape index (κ1) is 15.4. The fourth-order valence-corrected chi connectivity index (χ4v) is 3.69. The highest BCUT2D eigenvalue weighted by Crippen LogP contribution is 2.31. The van der Waals surface area contributed by atoms with Gasteiger partial charge in [0.05, 0.1) is 11.0 Å². The molecule has 0 saturated heterocycles. The number of rotatable bonds is 2. The molecular weight excluding hydrogens is 372 g/mol. The standard InChI is InChI=1S/C18H11ClN4O2S/c19-9-5-6-13-12(7-9)16-15(20-13)10-3-1-2-4-11(10)17(24)23(16)8-14-21-22-18(26)25-14/h1-7,20H,8H2,(H,22,26). The van der Waals surface area contributed by atoms with Crippen LogP contribution < -0.4 is 5.56 Å². The van der Waals surface area contributed by atoms with Gasteiger partial charge in [-0.05, 0) is 36.5 Å². The highest BCUT2D eigenvalue weighted by molar-refractivity contribution is 7.71. The van der Waals surface area contributed by atoms with E-state index < -0.39 is 0 Å². The van der Waals surface area contributed by atoms with Crippen molar-refractivity contribution in [1.82, 2.24) is 19.7 Å². The van der Waals surface area contributed by atoms with Crippen LogP contribution in [0.25, 0.3) is 32.7 Å². The number of aromatic nitrogens is 4. The topological polar surface area (TPSA) is 79.6 Å². The van der Waals surface area contributed by atoms with Crippen LogP contribution in [0.5, 0.6) is 0 Å². The molecule has 2 N–H and O–H groups in total. The number of hydrogen-bond acceptors (Lipinski definition) is 4. The molecule has 5 rings (SSSR count). The first-order valence-electron chi connectivity index (χ1n) is 7.89. The molecule has 128 valence electrons. The lowest BCUT2D eigenvalue weighted by Gasteiger charge is -2.09. The van der Waals surface area contributed by atoms with Crippen molar-refractivity contribution < 1.29 is 4.42 Å². The van der Waals surface area contributed by atoms with E-state index in [9.17, 15) is 4.79 Å². The summed E-state index contributed by atoms with van der Waals surface area (Å²) in [6.45, 7) is 0.159. The summed E-state index contributed by atoms with van der Waals surface area (Å²) in [6, 6.07) is 13.1. The number of nitrogens with one attached hydrogen (secondary N) is 2. The maximum absolute atomic E-state index is 13.2. The minimum absolute atomic E-state index is 0.127. The average Bonchev–Trinajstić information content (AvgIpc) is 3.22. The van der Waals surface area contributed by atoms with Crippen molar-refractivity contribution in [2.75, 3.05) is 0 Å². The van der Waals surface area contributed by atoms with Crippen molar-refractivity contribution in [3.8, 4) is 0 Å². The Morgan fingerprint density at radius 3 is 2.73 bits per heavy atom. The van der Waals surface area contributed by atoms with Gasteiger partial charge in [0.15, 0.2) is 0 Å². The van der Waals surface area contributed by atoms with Gasteiger partial charge in [0, 0.05) is 26.7 Å². The number of H-pyrrole nitrogens is 2. The van der Waals surface area contributed by atoms with Crippen LogP contribution in [-0.4, -0.2) is 19.7 Å². The predicted octanol–water partition coefficient (Wildman–Crippen LogP) is 4.38. The second-order valence-corrected chi connectivity index (χ2v) is 6.79. The van der Waals surface area contributed by atoms with Gasteiger partial charge in [-0.1, -0.05) is 29.8 Å². The molecule has 2 aromatic carbocycles. The summed E-state index contributed by atoms with van der Waals surface area (Å²) in [5.41, 5.74) is 2.40. The van der Waals surface area contributed by atoms with Gasteiger partial charge in [0.1, 0.15) is 6.54 Å². The van der Waals surface area contributed by atoms with Crippen LogP contribution in [0.2, 0.25) is 5.02 Å². The van der Waals surface area contributed by atoms with E-state index in [1.807, 2.05) is 42.5 Å². The zero-order valence-corrected chi connectivity index (χ0v) is 14.8. The first-order chi connectivity index (χ1) is 12.6. The summed E-state index contributed by atoms with van der Waals surface area (Å²) in [4.78, 5) is 16.8. The van der Waals surface area contributed by atoms with Gasteiger partial charge < -0.3 is 9.40 Å². The van der Waals surface area contributed by atoms with Gasteiger partial charge in [-0.25, -0.2) is 5.10 Å². The van der Waals surface area contributed by atoms with E-state index in [1.54, 1.807) is 4.57 Å². The van der Waals surface area contributed by atoms with Crippen LogP contribution in [0.15, 0.2) is 51.7 Å². The van der Waals surface area contributed by atoms with Gasteiger partial charge in [-0.2, -0.15) is 0 Å². The maximum atomic E-state index is 13.2.